The Morgan fingerprint density at radius 1 is 1.05 bits per heavy atom. The summed E-state index contributed by atoms with van der Waals surface area (Å²) in [7, 11) is 5.02. The van der Waals surface area contributed by atoms with E-state index >= 15 is 0 Å². The number of hydrogen-bond donors (Lipinski definition) is 1. The number of amides is 1. The topological polar surface area (TPSA) is 101 Å². The number of rotatable bonds is 16. The number of methoxy groups -OCH3 is 1. The largest absolute Gasteiger partial charge is 0.497 e. The van der Waals surface area contributed by atoms with Gasteiger partial charge in [0, 0.05) is 44.5 Å². The van der Waals surface area contributed by atoms with Crippen LogP contribution in [-0.2, 0) is 19.2 Å². The molecule has 1 aliphatic rings. The average Bonchev–Trinajstić information content (AvgIpc) is 2.88. The maximum absolute atomic E-state index is 12.9. The number of Topliss-reactive ketones (excluding diaryl/α,β-unsaturated/α-hetero) is 2. The quantitative estimate of drug-likeness (QED) is 0.299. The molecule has 2 rings (SSSR count). The average molecular weight is 510 g/mol. The normalized spacial score (nSPS) is 14.2. The van der Waals surface area contributed by atoms with Gasteiger partial charge in [-0.3, -0.25) is 19.2 Å². The Balaban J connectivity index is 1.89. The minimum atomic E-state index is -0.947. The summed E-state index contributed by atoms with van der Waals surface area (Å²) in [5.74, 6) is -1.18. The molecule has 0 radical (unpaired) electrons. The predicted octanol–water partition coefficient (Wildman–Crippen LogP) is 5.40. The number of carboxylic acids is 1. The lowest BCUT2D eigenvalue weighted by atomic mass is 9.84. The molecule has 0 spiro atoms. The number of carboxylic acid groups (broad SMARTS) is 1. The Morgan fingerprint density at radius 2 is 1.76 bits per heavy atom. The monoisotopic (exact) mass is 509 g/mol. The summed E-state index contributed by atoms with van der Waals surface area (Å²) in [6.45, 7) is 0. The van der Waals surface area contributed by atoms with E-state index in [2.05, 4.69) is 6.08 Å². The van der Waals surface area contributed by atoms with E-state index in [-0.39, 0.29) is 36.7 Å². The first-order valence-corrected chi connectivity index (χ1v) is 12.9. The number of nitrogens with zero attached hydrogens (tertiary/aromatic N) is 1. The summed E-state index contributed by atoms with van der Waals surface area (Å²) in [6, 6.07) is 7.75. The summed E-state index contributed by atoms with van der Waals surface area (Å²) in [5, 5.41) is 9.78. The fraction of sp³-hybridized carbons (Fsp3) is 0.467. The zero-order valence-electron chi connectivity index (χ0n) is 22.2. The predicted molar refractivity (Wildman–Crippen MR) is 144 cm³/mol. The number of aliphatic carboxylic acids is 1. The van der Waals surface area contributed by atoms with Gasteiger partial charge in [0.25, 0.3) is 0 Å². The highest BCUT2D eigenvalue weighted by Gasteiger charge is 2.27. The second-order valence-corrected chi connectivity index (χ2v) is 9.54. The Kier molecular flexibility index (Phi) is 12.5. The first-order valence-electron chi connectivity index (χ1n) is 12.9. The van der Waals surface area contributed by atoms with Crippen LogP contribution in [0.25, 0.3) is 6.08 Å². The summed E-state index contributed by atoms with van der Waals surface area (Å²) >= 11 is 0. The molecule has 1 aromatic rings. The van der Waals surface area contributed by atoms with Gasteiger partial charge in [-0.05, 0) is 56.2 Å². The first kappa shape index (κ1) is 29.7. The number of ketones is 2. The van der Waals surface area contributed by atoms with Crippen molar-refractivity contribution in [2.24, 2.45) is 5.92 Å². The molecule has 1 atom stereocenters. The van der Waals surface area contributed by atoms with Gasteiger partial charge in [0.1, 0.15) is 5.75 Å². The summed E-state index contributed by atoms with van der Waals surface area (Å²) in [5.41, 5.74) is 1.74. The van der Waals surface area contributed by atoms with E-state index in [4.69, 9.17) is 4.74 Å². The van der Waals surface area contributed by atoms with E-state index < -0.39 is 11.9 Å². The van der Waals surface area contributed by atoms with Crippen molar-refractivity contribution in [3.05, 3.63) is 59.2 Å². The summed E-state index contributed by atoms with van der Waals surface area (Å²) in [6.07, 6.45) is 12.2. The van der Waals surface area contributed by atoms with Crippen LogP contribution in [0.5, 0.6) is 5.75 Å². The zero-order valence-corrected chi connectivity index (χ0v) is 22.2. The van der Waals surface area contributed by atoms with Crippen LogP contribution in [0.4, 0.5) is 0 Å². The van der Waals surface area contributed by atoms with Crippen molar-refractivity contribution in [2.45, 2.75) is 64.2 Å². The van der Waals surface area contributed by atoms with Crippen LogP contribution in [0.3, 0.4) is 0 Å². The highest BCUT2D eigenvalue weighted by atomic mass is 16.5. The molecular weight excluding hydrogens is 470 g/mol. The lowest BCUT2D eigenvalue weighted by Gasteiger charge is -2.18. The lowest BCUT2D eigenvalue weighted by molar-refractivity contribution is -0.142. The fourth-order valence-corrected chi connectivity index (χ4v) is 4.21. The van der Waals surface area contributed by atoms with Gasteiger partial charge in [-0.25, -0.2) is 0 Å². The number of hydrogen-bond acceptors (Lipinski definition) is 5. The van der Waals surface area contributed by atoms with E-state index in [1.807, 2.05) is 30.3 Å². The molecular formula is C30H39NO6. The van der Waals surface area contributed by atoms with Gasteiger partial charge in [0.15, 0.2) is 11.6 Å². The molecule has 1 N–H and O–H groups in total. The number of carbonyl (C=O) groups is 4. The van der Waals surface area contributed by atoms with Crippen LogP contribution < -0.4 is 4.74 Å². The van der Waals surface area contributed by atoms with Gasteiger partial charge in [-0.2, -0.15) is 0 Å². The smallest absolute Gasteiger partial charge is 0.306 e. The van der Waals surface area contributed by atoms with Crippen molar-refractivity contribution in [3.8, 4) is 5.75 Å². The molecule has 0 saturated heterocycles. The number of allylic oxidation sites excluding steroid dienone is 5. The molecule has 1 amide bonds. The molecule has 0 aromatic heterocycles. The molecule has 200 valence electrons. The second-order valence-electron chi connectivity index (χ2n) is 9.54. The molecule has 0 fully saturated rings. The van der Waals surface area contributed by atoms with Crippen LogP contribution in [0.1, 0.15) is 69.8 Å². The summed E-state index contributed by atoms with van der Waals surface area (Å²) < 4.78 is 5.15. The van der Waals surface area contributed by atoms with Crippen molar-refractivity contribution in [2.75, 3.05) is 21.2 Å². The van der Waals surface area contributed by atoms with Crippen LogP contribution in [-0.4, -0.2) is 54.7 Å². The molecule has 0 saturated carbocycles. The Hall–Kier alpha value is -3.48. The molecule has 0 aliphatic heterocycles. The van der Waals surface area contributed by atoms with Gasteiger partial charge < -0.3 is 14.7 Å². The third-order valence-corrected chi connectivity index (χ3v) is 6.49. The standard InChI is InChI=1S/C30H39NO6/c1-31(2)29(34)16-9-8-14-27(32)25-13-10-15-28(33)26(25)21-23(30(35)36)12-7-5-4-6-11-22-17-19-24(37-3)20-18-22/h6,10-11,13,17-20,23H,4-5,7-9,12,14-16,21H2,1-3H3,(H,35,36)/b11-6+. The Bertz CT molecular complexity index is 1030. The molecule has 1 aliphatic carbocycles. The molecule has 1 aromatic carbocycles. The molecule has 7 nitrogen and oxygen atoms in total. The van der Waals surface area contributed by atoms with Crippen molar-refractivity contribution in [1.29, 1.82) is 0 Å². The van der Waals surface area contributed by atoms with Crippen molar-refractivity contribution in [1.82, 2.24) is 4.90 Å². The van der Waals surface area contributed by atoms with Crippen LogP contribution in [0, 0.1) is 5.92 Å². The van der Waals surface area contributed by atoms with Crippen LogP contribution >= 0.6 is 0 Å². The zero-order chi connectivity index (χ0) is 27.2. The highest BCUT2D eigenvalue weighted by molar-refractivity contribution is 6.10. The van der Waals surface area contributed by atoms with E-state index in [1.54, 1.807) is 33.4 Å². The number of benzene rings is 1. The number of carbonyl (C=O) groups excluding carboxylic acids is 3. The highest BCUT2D eigenvalue weighted by Crippen LogP contribution is 2.28. The lowest BCUT2D eigenvalue weighted by Crippen LogP contribution is -2.22. The van der Waals surface area contributed by atoms with Gasteiger partial charge >= 0.3 is 5.97 Å². The van der Waals surface area contributed by atoms with E-state index in [0.29, 0.717) is 43.3 Å². The van der Waals surface area contributed by atoms with E-state index in [1.165, 1.54) is 4.90 Å². The Morgan fingerprint density at radius 3 is 2.41 bits per heavy atom. The second kappa shape index (κ2) is 15.6. The molecule has 0 bridgehead atoms. The third kappa shape index (κ3) is 10.2. The van der Waals surface area contributed by atoms with E-state index in [9.17, 15) is 24.3 Å². The van der Waals surface area contributed by atoms with Crippen LogP contribution in [0.15, 0.2) is 53.6 Å². The third-order valence-electron chi connectivity index (χ3n) is 6.49. The molecule has 37 heavy (non-hydrogen) atoms. The molecule has 0 heterocycles. The first-order chi connectivity index (χ1) is 17.7. The maximum atomic E-state index is 12.9. The maximum Gasteiger partial charge on any atom is 0.306 e. The SMILES string of the molecule is COc1ccc(/C=C/CCCCC(CC2=C(C(=O)CCCCC(=O)N(C)C)C=CCC2=O)C(=O)O)cc1. The van der Waals surface area contributed by atoms with Crippen molar-refractivity contribution >= 4 is 29.5 Å². The van der Waals surface area contributed by atoms with Gasteiger partial charge in [-0.1, -0.05) is 42.9 Å². The van der Waals surface area contributed by atoms with Crippen molar-refractivity contribution < 1.29 is 29.0 Å². The van der Waals surface area contributed by atoms with Crippen LogP contribution in [0.2, 0.25) is 0 Å². The van der Waals surface area contributed by atoms with Gasteiger partial charge in [0.2, 0.25) is 5.91 Å². The summed E-state index contributed by atoms with van der Waals surface area (Å²) in [4.78, 5) is 50.7. The van der Waals surface area contributed by atoms with Crippen molar-refractivity contribution in [3.63, 3.8) is 0 Å². The molecule has 7 heteroatoms. The molecule has 1 unspecified atom stereocenters. The van der Waals surface area contributed by atoms with Gasteiger partial charge in [-0.15, -0.1) is 0 Å². The number of unbranched alkanes of at least 4 members (excludes halogenated alkanes) is 3. The minimum Gasteiger partial charge on any atom is -0.497 e. The number of ether oxygens (including phenoxy) is 1. The van der Waals surface area contributed by atoms with E-state index in [0.717, 1.165) is 24.2 Å². The fourth-order valence-electron chi connectivity index (χ4n) is 4.21. The minimum absolute atomic E-state index is 0.0145. The van der Waals surface area contributed by atoms with Gasteiger partial charge in [0.05, 0.1) is 13.0 Å². The Labute approximate surface area is 219 Å².